The lowest BCUT2D eigenvalue weighted by Gasteiger charge is -2.03. The molecule has 3 aromatic heterocycles. The average molecular weight is 260 g/mol. The first-order chi connectivity index (χ1) is 8.84. The van der Waals surface area contributed by atoms with Crippen molar-refractivity contribution < 1.29 is 4.74 Å². The monoisotopic (exact) mass is 259 g/mol. The molecule has 0 N–H and O–H groups in total. The fraction of sp³-hybridized carbons (Fsp3) is 0.0769. The second-order valence-corrected chi connectivity index (χ2v) is 4.10. The Labute approximate surface area is 109 Å². The van der Waals surface area contributed by atoms with Crippen LogP contribution < -0.4 is 4.74 Å². The predicted octanol–water partition coefficient (Wildman–Crippen LogP) is 2.96. The summed E-state index contributed by atoms with van der Waals surface area (Å²) in [5.74, 6) is 0.714. The van der Waals surface area contributed by atoms with E-state index in [0.29, 0.717) is 17.6 Å². The maximum Gasteiger partial charge on any atom is 0.207 e. The van der Waals surface area contributed by atoms with Crippen LogP contribution in [0.3, 0.4) is 0 Å². The summed E-state index contributed by atoms with van der Waals surface area (Å²) in [6.45, 7) is 0.367. The SMILES string of the molecule is Clc1nc(COc2cccnc2)c2ccccn12. The summed E-state index contributed by atoms with van der Waals surface area (Å²) >= 11 is 6.04. The third kappa shape index (κ3) is 2.02. The van der Waals surface area contributed by atoms with Gasteiger partial charge in [-0.15, -0.1) is 0 Å². The Kier molecular flexibility index (Phi) is 2.86. The first-order valence-corrected chi connectivity index (χ1v) is 5.87. The van der Waals surface area contributed by atoms with Crippen LogP contribution in [0.4, 0.5) is 0 Å². The highest BCUT2D eigenvalue weighted by Gasteiger charge is 2.09. The Bertz CT molecular complexity index is 666. The standard InChI is InChI=1S/C13H10ClN3O/c14-13-16-11(12-5-1-2-7-17(12)13)9-18-10-4-3-6-15-8-10/h1-8H,9H2. The molecule has 0 saturated carbocycles. The van der Waals surface area contributed by atoms with E-state index >= 15 is 0 Å². The van der Waals surface area contributed by atoms with Crippen LogP contribution in [-0.4, -0.2) is 14.4 Å². The summed E-state index contributed by atoms with van der Waals surface area (Å²) in [4.78, 5) is 8.28. The van der Waals surface area contributed by atoms with Gasteiger partial charge in [-0.2, -0.15) is 0 Å². The van der Waals surface area contributed by atoms with Crippen LogP contribution in [0.15, 0.2) is 48.9 Å². The number of ether oxygens (including phenoxy) is 1. The number of aromatic nitrogens is 3. The van der Waals surface area contributed by atoms with Gasteiger partial charge in [-0.3, -0.25) is 9.38 Å². The third-order valence-corrected chi connectivity index (χ3v) is 2.86. The van der Waals surface area contributed by atoms with Gasteiger partial charge in [0.05, 0.1) is 11.7 Å². The maximum atomic E-state index is 6.04. The molecule has 4 nitrogen and oxygen atoms in total. The zero-order valence-electron chi connectivity index (χ0n) is 9.45. The summed E-state index contributed by atoms with van der Waals surface area (Å²) < 4.78 is 7.44. The van der Waals surface area contributed by atoms with Gasteiger partial charge in [-0.1, -0.05) is 6.07 Å². The number of hydrogen-bond acceptors (Lipinski definition) is 3. The van der Waals surface area contributed by atoms with Crippen molar-refractivity contribution in [1.29, 1.82) is 0 Å². The fourth-order valence-electron chi connectivity index (χ4n) is 1.75. The quantitative estimate of drug-likeness (QED) is 0.726. The summed E-state index contributed by atoms with van der Waals surface area (Å²) in [7, 11) is 0. The molecule has 0 spiro atoms. The van der Waals surface area contributed by atoms with Gasteiger partial charge in [0.2, 0.25) is 5.28 Å². The number of imidazole rings is 1. The molecular formula is C13H10ClN3O. The second kappa shape index (κ2) is 4.66. The van der Waals surface area contributed by atoms with Gasteiger partial charge in [0.25, 0.3) is 0 Å². The van der Waals surface area contributed by atoms with Crippen molar-refractivity contribution >= 4 is 17.1 Å². The Balaban J connectivity index is 1.87. The molecule has 0 fully saturated rings. The Hall–Kier alpha value is -2.07. The first kappa shape index (κ1) is 11.0. The highest BCUT2D eigenvalue weighted by Crippen LogP contribution is 2.18. The molecule has 3 rings (SSSR count). The molecule has 0 aliphatic carbocycles. The van der Waals surface area contributed by atoms with Crippen molar-refractivity contribution in [2.45, 2.75) is 6.61 Å². The molecule has 5 heteroatoms. The minimum Gasteiger partial charge on any atom is -0.486 e. The van der Waals surface area contributed by atoms with Crippen LogP contribution in [0, 0.1) is 0 Å². The van der Waals surface area contributed by atoms with Gasteiger partial charge >= 0.3 is 0 Å². The first-order valence-electron chi connectivity index (χ1n) is 5.49. The highest BCUT2D eigenvalue weighted by atomic mass is 35.5. The topological polar surface area (TPSA) is 39.4 Å². The largest absolute Gasteiger partial charge is 0.486 e. The van der Waals surface area contributed by atoms with Crippen LogP contribution in [-0.2, 0) is 6.61 Å². The number of halogens is 1. The van der Waals surface area contributed by atoms with E-state index in [1.54, 1.807) is 12.4 Å². The molecule has 0 atom stereocenters. The molecule has 0 amide bonds. The van der Waals surface area contributed by atoms with Crippen molar-refractivity contribution in [2.75, 3.05) is 0 Å². The van der Waals surface area contributed by atoms with E-state index < -0.39 is 0 Å². The van der Waals surface area contributed by atoms with E-state index in [4.69, 9.17) is 16.3 Å². The average Bonchev–Trinajstić information content (AvgIpc) is 2.75. The van der Waals surface area contributed by atoms with Gasteiger partial charge in [0.15, 0.2) is 0 Å². The van der Waals surface area contributed by atoms with Crippen molar-refractivity contribution in [1.82, 2.24) is 14.4 Å². The van der Waals surface area contributed by atoms with Gasteiger partial charge in [-0.25, -0.2) is 4.98 Å². The van der Waals surface area contributed by atoms with Crippen molar-refractivity contribution in [3.05, 3.63) is 59.9 Å². The normalized spacial score (nSPS) is 10.7. The van der Waals surface area contributed by atoms with E-state index in [0.717, 1.165) is 11.2 Å². The zero-order chi connectivity index (χ0) is 12.4. The molecule has 0 bridgehead atoms. The predicted molar refractivity (Wildman–Crippen MR) is 68.8 cm³/mol. The summed E-state index contributed by atoms with van der Waals surface area (Å²) in [5, 5.41) is 0.440. The lowest BCUT2D eigenvalue weighted by atomic mass is 10.3. The Morgan fingerprint density at radius 1 is 1.22 bits per heavy atom. The van der Waals surface area contributed by atoms with E-state index in [1.807, 2.05) is 40.9 Å². The minimum absolute atomic E-state index is 0.367. The van der Waals surface area contributed by atoms with Crippen LogP contribution in [0.2, 0.25) is 5.28 Å². The maximum absolute atomic E-state index is 6.04. The Morgan fingerprint density at radius 3 is 3.00 bits per heavy atom. The van der Waals surface area contributed by atoms with Gasteiger partial charge in [-0.05, 0) is 35.9 Å². The van der Waals surface area contributed by atoms with E-state index in [1.165, 1.54) is 0 Å². The van der Waals surface area contributed by atoms with E-state index in [-0.39, 0.29) is 0 Å². The number of pyridine rings is 2. The summed E-state index contributed by atoms with van der Waals surface area (Å²) in [6, 6.07) is 9.49. The number of nitrogens with zero attached hydrogens (tertiary/aromatic N) is 3. The molecule has 0 aliphatic rings. The van der Waals surface area contributed by atoms with Gasteiger partial charge in [0.1, 0.15) is 18.1 Å². The lowest BCUT2D eigenvalue weighted by Crippen LogP contribution is -1.96. The zero-order valence-corrected chi connectivity index (χ0v) is 10.2. The molecule has 0 radical (unpaired) electrons. The molecule has 0 unspecified atom stereocenters. The minimum atomic E-state index is 0.367. The number of fused-ring (bicyclic) bond motifs is 1. The van der Waals surface area contributed by atoms with E-state index in [9.17, 15) is 0 Å². The van der Waals surface area contributed by atoms with Crippen molar-refractivity contribution in [3.63, 3.8) is 0 Å². The van der Waals surface area contributed by atoms with Crippen LogP contribution in [0.1, 0.15) is 5.69 Å². The fourth-order valence-corrected chi connectivity index (χ4v) is 2.00. The van der Waals surface area contributed by atoms with Crippen LogP contribution in [0.25, 0.3) is 5.52 Å². The van der Waals surface area contributed by atoms with Gasteiger partial charge in [0, 0.05) is 12.4 Å². The molecule has 18 heavy (non-hydrogen) atoms. The smallest absolute Gasteiger partial charge is 0.207 e. The molecular weight excluding hydrogens is 250 g/mol. The Morgan fingerprint density at radius 2 is 2.17 bits per heavy atom. The van der Waals surface area contributed by atoms with Gasteiger partial charge < -0.3 is 4.74 Å². The summed E-state index contributed by atoms with van der Waals surface area (Å²) in [5.41, 5.74) is 1.76. The van der Waals surface area contributed by atoms with Crippen LogP contribution >= 0.6 is 11.6 Å². The third-order valence-electron chi connectivity index (χ3n) is 2.59. The molecule has 3 heterocycles. The van der Waals surface area contributed by atoms with E-state index in [2.05, 4.69) is 9.97 Å². The van der Waals surface area contributed by atoms with Crippen molar-refractivity contribution in [3.8, 4) is 5.75 Å². The molecule has 0 aliphatic heterocycles. The molecule has 0 saturated heterocycles. The summed E-state index contributed by atoms with van der Waals surface area (Å²) in [6.07, 6.45) is 5.24. The molecule has 90 valence electrons. The highest BCUT2D eigenvalue weighted by molar-refractivity contribution is 6.28. The van der Waals surface area contributed by atoms with Crippen molar-refractivity contribution in [2.24, 2.45) is 0 Å². The number of rotatable bonds is 3. The molecule has 0 aromatic carbocycles. The van der Waals surface area contributed by atoms with Crippen LogP contribution in [0.5, 0.6) is 5.75 Å². The molecule has 3 aromatic rings. The lowest BCUT2D eigenvalue weighted by molar-refractivity contribution is 0.302. The number of hydrogen-bond donors (Lipinski definition) is 0. The second-order valence-electron chi connectivity index (χ2n) is 3.76.